The van der Waals surface area contributed by atoms with Crippen molar-refractivity contribution in [3.05, 3.63) is 48.7 Å². The molecule has 5 aromatic heterocycles. The lowest BCUT2D eigenvalue weighted by Crippen LogP contribution is -2.03. The summed E-state index contributed by atoms with van der Waals surface area (Å²) in [6.07, 6.45) is 7.11. The Bertz CT molecular complexity index is 1160. The molecule has 5 rings (SSSR count). The minimum absolute atomic E-state index is 0.512. The summed E-state index contributed by atoms with van der Waals surface area (Å²) in [7, 11) is 1.87. The first kappa shape index (κ1) is 13.8. The van der Waals surface area contributed by atoms with Gasteiger partial charge < -0.3 is 4.98 Å². The van der Waals surface area contributed by atoms with Crippen LogP contribution in [0, 0.1) is 0 Å². The molecule has 0 fully saturated rings. The molecular weight excluding hydrogens is 318 g/mol. The van der Waals surface area contributed by atoms with Gasteiger partial charge in [0.1, 0.15) is 0 Å². The largest absolute Gasteiger partial charge is 0.356 e. The molecule has 0 aliphatic rings. The standard InChI is InChI=1S/C16H13N9/c1-24-8-10(6-19-24)14-7-18-15-16(21-14)25(23-22-15)9-11-5-13-12(20-11)3-2-4-17-13/h2-8,20H,9H2,1H3. The summed E-state index contributed by atoms with van der Waals surface area (Å²) in [6, 6.07) is 5.89. The van der Waals surface area contributed by atoms with Gasteiger partial charge in [-0.1, -0.05) is 5.21 Å². The molecule has 0 radical (unpaired) electrons. The van der Waals surface area contributed by atoms with Crippen molar-refractivity contribution in [3.8, 4) is 11.3 Å². The summed E-state index contributed by atoms with van der Waals surface area (Å²) >= 11 is 0. The molecule has 0 spiro atoms. The maximum Gasteiger partial charge on any atom is 0.221 e. The molecule has 0 aliphatic carbocycles. The third-order valence-electron chi connectivity index (χ3n) is 3.99. The highest BCUT2D eigenvalue weighted by Crippen LogP contribution is 2.18. The zero-order chi connectivity index (χ0) is 16.8. The third kappa shape index (κ3) is 2.33. The van der Waals surface area contributed by atoms with E-state index in [-0.39, 0.29) is 0 Å². The second kappa shape index (κ2) is 5.20. The monoisotopic (exact) mass is 331 g/mol. The lowest BCUT2D eigenvalue weighted by atomic mass is 10.3. The molecule has 122 valence electrons. The van der Waals surface area contributed by atoms with Gasteiger partial charge in [0.2, 0.25) is 5.65 Å². The first-order valence-corrected chi connectivity index (χ1v) is 7.74. The molecule has 0 aromatic carbocycles. The number of hydrogen-bond donors (Lipinski definition) is 1. The predicted octanol–water partition coefficient (Wildman–Crippen LogP) is 1.55. The highest BCUT2D eigenvalue weighted by molar-refractivity contribution is 5.75. The van der Waals surface area contributed by atoms with Crippen molar-refractivity contribution >= 4 is 22.3 Å². The summed E-state index contributed by atoms with van der Waals surface area (Å²) < 4.78 is 3.46. The van der Waals surface area contributed by atoms with E-state index in [0.29, 0.717) is 17.8 Å². The zero-order valence-electron chi connectivity index (χ0n) is 13.3. The Balaban J connectivity index is 1.56. The van der Waals surface area contributed by atoms with Crippen LogP contribution in [-0.2, 0) is 13.6 Å². The zero-order valence-corrected chi connectivity index (χ0v) is 13.3. The van der Waals surface area contributed by atoms with Crippen LogP contribution in [0.15, 0.2) is 43.0 Å². The molecule has 0 atom stereocenters. The quantitative estimate of drug-likeness (QED) is 0.538. The van der Waals surface area contributed by atoms with Gasteiger partial charge in [0.15, 0.2) is 5.65 Å². The number of nitrogens with one attached hydrogen (secondary N) is 1. The summed E-state index contributed by atoms with van der Waals surface area (Å²) in [4.78, 5) is 16.7. The van der Waals surface area contributed by atoms with Crippen LogP contribution in [-0.4, -0.2) is 44.7 Å². The molecular formula is C16H13N9. The van der Waals surface area contributed by atoms with Crippen LogP contribution in [0.2, 0.25) is 0 Å². The van der Waals surface area contributed by atoms with Gasteiger partial charge in [0, 0.05) is 30.7 Å². The first-order valence-electron chi connectivity index (χ1n) is 7.74. The number of rotatable bonds is 3. The molecule has 0 aliphatic heterocycles. The lowest BCUT2D eigenvalue weighted by Gasteiger charge is -2.00. The highest BCUT2D eigenvalue weighted by Gasteiger charge is 2.12. The van der Waals surface area contributed by atoms with Crippen LogP contribution in [0.1, 0.15) is 5.69 Å². The molecule has 1 N–H and O–H groups in total. The number of aromatic amines is 1. The molecule has 0 saturated heterocycles. The Labute approximate surface area is 141 Å². The van der Waals surface area contributed by atoms with Crippen molar-refractivity contribution in [3.63, 3.8) is 0 Å². The Morgan fingerprint density at radius 3 is 3.00 bits per heavy atom. The molecule has 9 nitrogen and oxygen atoms in total. The Morgan fingerprint density at radius 1 is 1.20 bits per heavy atom. The SMILES string of the molecule is Cn1cc(-c2cnc3nnn(Cc4cc5ncccc5[nH]4)c3n2)cn1. The maximum atomic E-state index is 4.66. The number of nitrogens with zero attached hydrogens (tertiary/aromatic N) is 8. The third-order valence-corrected chi connectivity index (χ3v) is 3.99. The van der Waals surface area contributed by atoms with Crippen molar-refractivity contribution in [2.24, 2.45) is 7.05 Å². The van der Waals surface area contributed by atoms with Crippen molar-refractivity contribution in [2.45, 2.75) is 6.54 Å². The number of aryl methyl sites for hydroxylation is 1. The van der Waals surface area contributed by atoms with E-state index in [4.69, 9.17) is 0 Å². The van der Waals surface area contributed by atoms with Crippen molar-refractivity contribution in [1.29, 1.82) is 0 Å². The van der Waals surface area contributed by atoms with Gasteiger partial charge in [0.25, 0.3) is 0 Å². The number of H-pyrrole nitrogens is 1. The lowest BCUT2D eigenvalue weighted by molar-refractivity contribution is 0.656. The summed E-state index contributed by atoms with van der Waals surface area (Å²) in [5.74, 6) is 0. The van der Waals surface area contributed by atoms with Crippen LogP contribution in [0.25, 0.3) is 33.6 Å². The van der Waals surface area contributed by atoms with E-state index >= 15 is 0 Å². The molecule has 0 saturated carbocycles. The Kier molecular flexibility index (Phi) is 2.87. The van der Waals surface area contributed by atoms with Gasteiger partial charge >= 0.3 is 0 Å². The van der Waals surface area contributed by atoms with E-state index in [1.165, 1.54) is 0 Å². The molecule has 0 amide bonds. The topological polar surface area (TPSA) is 103 Å². The van der Waals surface area contributed by atoms with Crippen LogP contribution in [0.3, 0.4) is 0 Å². The van der Waals surface area contributed by atoms with Crippen molar-refractivity contribution < 1.29 is 0 Å². The fraction of sp³-hybridized carbons (Fsp3) is 0.125. The summed E-state index contributed by atoms with van der Waals surface area (Å²) in [6.45, 7) is 0.512. The van der Waals surface area contributed by atoms with E-state index in [2.05, 4.69) is 35.3 Å². The average Bonchev–Trinajstić information content (AvgIpc) is 3.33. The van der Waals surface area contributed by atoms with Gasteiger partial charge in [0.05, 0.1) is 35.7 Å². The number of pyridine rings is 1. The summed E-state index contributed by atoms with van der Waals surface area (Å²) in [5.41, 5.74) is 5.68. The van der Waals surface area contributed by atoms with E-state index in [0.717, 1.165) is 28.0 Å². The molecule has 0 unspecified atom stereocenters. The molecule has 5 aromatic rings. The van der Waals surface area contributed by atoms with E-state index in [1.807, 2.05) is 31.4 Å². The van der Waals surface area contributed by atoms with Gasteiger partial charge in [-0.25, -0.2) is 14.6 Å². The van der Waals surface area contributed by atoms with Crippen molar-refractivity contribution in [1.82, 2.24) is 44.7 Å². The second-order valence-corrected chi connectivity index (χ2v) is 5.78. The maximum absolute atomic E-state index is 4.66. The highest BCUT2D eigenvalue weighted by atomic mass is 15.5. The second-order valence-electron chi connectivity index (χ2n) is 5.78. The average molecular weight is 331 g/mol. The summed E-state index contributed by atoms with van der Waals surface area (Å²) in [5, 5.41) is 12.5. The van der Waals surface area contributed by atoms with Crippen LogP contribution in [0.5, 0.6) is 0 Å². The smallest absolute Gasteiger partial charge is 0.221 e. The normalized spacial score (nSPS) is 11.6. The van der Waals surface area contributed by atoms with E-state index in [9.17, 15) is 0 Å². The van der Waals surface area contributed by atoms with Crippen molar-refractivity contribution in [2.75, 3.05) is 0 Å². The number of aromatic nitrogens is 9. The number of hydrogen-bond acceptors (Lipinski definition) is 6. The minimum Gasteiger partial charge on any atom is -0.356 e. The Hall–Kier alpha value is -3.62. The van der Waals surface area contributed by atoms with E-state index in [1.54, 1.807) is 28.0 Å². The van der Waals surface area contributed by atoms with Gasteiger partial charge in [-0.2, -0.15) is 5.10 Å². The minimum atomic E-state index is 0.512. The molecule has 5 heterocycles. The van der Waals surface area contributed by atoms with Crippen LogP contribution in [0.4, 0.5) is 0 Å². The van der Waals surface area contributed by atoms with E-state index < -0.39 is 0 Å². The van der Waals surface area contributed by atoms with Gasteiger partial charge in [-0.15, -0.1) is 5.10 Å². The van der Waals surface area contributed by atoms with Crippen LogP contribution >= 0.6 is 0 Å². The number of fused-ring (bicyclic) bond motifs is 2. The predicted molar refractivity (Wildman–Crippen MR) is 90.5 cm³/mol. The molecule has 0 bridgehead atoms. The van der Waals surface area contributed by atoms with Gasteiger partial charge in [-0.3, -0.25) is 9.67 Å². The van der Waals surface area contributed by atoms with Gasteiger partial charge in [-0.05, 0) is 18.2 Å². The first-order chi connectivity index (χ1) is 12.3. The molecule has 25 heavy (non-hydrogen) atoms. The van der Waals surface area contributed by atoms with Crippen LogP contribution < -0.4 is 0 Å². The fourth-order valence-corrected chi connectivity index (χ4v) is 2.81. The fourth-order valence-electron chi connectivity index (χ4n) is 2.81. The Morgan fingerprint density at radius 2 is 2.16 bits per heavy atom. The molecule has 9 heteroatoms.